The maximum absolute atomic E-state index is 11.8. The van der Waals surface area contributed by atoms with Gasteiger partial charge in [0, 0.05) is 37.2 Å². The first kappa shape index (κ1) is 15.9. The van der Waals surface area contributed by atoms with Crippen molar-refractivity contribution in [3.8, 4) is 5.69 Å². The minimum atomic E-state index is -0.0994. The molecular formula is C17H18N6OS. The molecule has 7 nitrogen and oxygen atoms in total. The van der Waals surface area contributed by atoms with Crippen LogP contribution in [0.5, 0.6) is 0 Å². The number of fused-ring (bicyclic) bond motifs is 1. The second-order valence-electron chi connectivity index (χ2n) is 5.70. The van der Waals surface area contributed by atoms with Gasteiger partial charge < -0.3 is 10.2 Å². The van der Waals surface area contributed by atoms with Gasteiger partial charge in [-0.15, -0.1) is 0 Å². The summed E-state index contributed by atoms with van der Waals surface area (Å²) >= 11 is 1.96. The Bertz CT molecular complexity index is 901. The lowest BCUT2D eigenvalue weighted by Crippen LogP contribution is -2.34. The Hall–Kier alpha value is -2.61. The number of imidazole rings is 1. The van der Waals surface area contributed by atoms with Crippen LogP contribution in [-0.2, 0) is 0 Å². The zero-order valence-electron chi connectivity index (χ0n) is 13.8. The van der Waals surface area contributed by atoms with Crippen LogP contribution in [0.2, 0.25) is 0 Å². The van der Waals surface area contributed by atoms with Crippen molar-refractivity contribution in [3.63, 3.8) is 0 Å². The van der Waals surface area contributed by atoms with Gasteiger partial charge in [0.15, 0.2) is 5.65 Å². The highest BCUT2D eigenvalue weighted by Gasteiger charge is 2.21. The summed E-state index contributed by atoms with van der Waals surface area (Å²) in [5.41, 5.74) is 3.10. The molecule has 0 bridgehead atoms. The molecule has 4 rings (SSSR count). The first-order chi connectivity index (χ1) is 12.3. The van der Waals surface area contributed by atoms with Gasteiger partial charge in [0.25, 0.3) is 5.91 Å². The third-order valence-corrected chi connectivity index (χ3v) is 5.16. The number of benzene rings is 1. The number of nitrogens with one attached hydrogen (secondary N) is 1. The summed E-state index contributed by atoms with van der Waals surface area (Å²) < 4.78 is 2.04. The van der Waals surface area contributed by atoms with Crippen molar-refractivity contribution in [1.82, 2.24) is 24.8 Å². The minimum absolute atomic E-state index is 0.0994. The van der Waals surface area contributed by atoms with E-state index in [9.17, 15) is 4.79 Å². The highest BCUT2D eigenvalue weighted by Crippen LogP contribution is 2.27. The standard InChI is InChI=1S/C17H18N6OS/c1-18-16(24)12-2-4-13(5-3-12)23-15-14(10-19-11-20-15)21-17(23)22-6-8-25-9-7-22/h2-5,10-11H,6-9H2,1H3,(H,18,24). The van der Waals surface area contributed by atoms with Gasteiger partial charge in [0.05, 0.1) is 11.9 Å². The molecule has 25 heavy (non-hydrogen) atoms. The zero-order chi connectivity index (χ0) is 17.2. The van der Waals surface area contributed by atoms with Gasteiger partial charge in [-0.25, -0.2) is 15.0 Å². The second-order valence-corrected chi connectivity index (χ2v) is 6.93. The summed E-state index contributed by atoms with van der Waals surface area (Å²) in [4.78, 5) is 27.3. The Labute approximate surface area is 149 Å². The van der Waals surface area contributed by atoms with Crippen LogP contribution in [0, 0.1) is 0 Å². The Morgan fingerprint density at radius 2 is 1.96 bits per heavy atom. The number of anilines is 1. The first-order valence-corrected chi connectivity index (χ1v) is 9.27. The molecule has 1 fully saturated rings. The summed E-state index contributed by atoms with van der Waals surface area (Å²) in [6.07, 6.45) is 3.27. The van der Waals surface area contributed by atoms with Gasteiger partial charge in [-0.1, -0.05) is 0 Å². The molecular weight excluding hydrogens is 336 g/mol. The van der Waals surface area contributed by atoms with E-state index >= 15 is 0 Å². The molecule has 1 aliphatic heterocycles. The summed E-state index contributed by atoms with van der Waals surface area (Å²) in [5.74, 6) is 2.95. The molecule has 0 spiro atoms. The average Bonchev–Trinajstić information content (AvgIpc) is 3.08. The maximum atomic E-state index is 11.8. The molecule has 3 aromatic rings. The Kier molecular flexibility index (Phi) is 4.27. The number of hydrogen-bond acceptors (Lipinski definition) is 6. The van der Waals surface area contributed by atoms with Crippen LogP contribution in [-0.4, -0.2) is 57.1 Å². The van der Waals surface area contributed by atoms with E-state index in [2.05, 4.69) is 20.2 Å². The Morgan fingerprint density at radius 1 is 1.20 bits per heavy atom. The Balaban J connectivity index is 1.83. The molecule has 1 aromatic carbocycles. The van der Waals surface area contributed by atoms with Crippen molar-refractivity contribution in [2.75, 3.05) is 36.5 Å². The van der Waals surface area contributed by atoms with Crippen molar-refractivity contribution in [1.29, 1.82) is 0 Å². The topological polar surface area (TPSA) is 75.9 Å². The molecule has 1 N–H and O–H groups in total. The maximum Gasteiger partial charge on any atom is 0.251 e. The first-order valence-electron chi connectivity index (χ1n) is 8.11. The van der Waals surface area contributed by atoms with Crippen LogP contribution in [0.15, 0.2) is 36.8 Å². The molecule has 2 aromatic heterocycles. The lowest BCUT2D eigenvalue weighted by Gasteiger charge is -2.27. The van der Waals surface area contributed by atoms with Crippen LogP contribution in [0.1, 0.15) is 10.4 Å². The second kappa shape index (κ2) is 6.72. The highest BCUT2D eigenvalue weighted by molar-refractivity contribution is 7.99. The minimum Gasteiger partial charge on any atom is -0.355 e. The fourth-order valence-electron chi connectivity index (χ4n) is 2.94. The van der Waals surface area contributed by atoms with Crippen LogP contribution in [0.3, 0.4) is 0 Å². The summed E-state index contributed by atoms with van der Waals surface area (Å²) in [6, 6.07) is 7.49. The largest absolute Gasteiger partial charge is 0.355 e. The number of carbonyl (C=O) groups is 1. The molecule has 1 amide bonds. The molecule has 3 heterocycles. The average molecular weight is 354 g/mol. The van der Waals surface area contributed by atoms with E-state index < -0.39 is 0 Å². The molecule has 0 saturated carbocycles. The third kappa shape index (κ3) is 2.93. The van der Waals surface area contributed by atoms with E-state index in [-0.39, 0.29) is 5.91 Å². The van der Waals surface area contributed by atoms with Crippen molar-refractivity contribution in [3.05, 3.63) is 42.4 Å². The molecule has 8 heteroatoms. The van der Waals surface area contributed by atoms with Crippen molar-refractivity contribution in [2.45, 2.75) is 0 Å². The molecule has 128 valence electrons. The number of thioether (sulfide) groups is 1. The van der Waals surface area contributed by atoms with Crippen molar-refractivity contribution >= 4 is 34.8 Å². The van der Waals surface area contributed by atoms with E-state index in [1.807, 2.05) is 40.6 Å². The van der Waals surface area contributed by atoms with Gasteiger partial charge in [-0.2, -0.15) is 11.8 Å². The van der Waals surface area contributed by atoms with Crippen LogP contribution >= 0.6 is 11.8 Å². The lowest BCUT2D eigenvalue weighted by molar-refractivity contribution is 0.0963. The summed E-state index contributed by atoms with van der Waals surface area (Å²) in [7, 11) is 1.63. The van der Waals surface area contributed by atoms with Crippen molar-refractivity contribution in [2.24, 2.45) is 0 Å². The van der Waals surface area contributed by atoms with E-state index in [0.29, 0.717) is 5.56 Å². The van der Waals surface area contributed by atoms with Gasteiger partial charge in [0.2, 0.25) is 5.95 Å². The van der Waals surface area contributed by atoms with E-state index in [0.717, 1.165) is 47.4 Å². The number of nitrogens with zero attached hydrogens (tertiary/aromatic N) is 5. The van der Waals surface area contributed by atoms with Gasteiger partial charge in [-0.05, 0) is 24.3 Å². The number of amides is 1. The van der Waals surface area contributed by atoms with Crippen molar-refractivity contribution < 1.29 is 4.79 Å². The summed E-state index contributed by atoms with van der Waals surface area (Å²) in [6.45, 7) is 1.91. The molecule has 1 aliphatic rings. The zero-order valence-corrected chi connectivity index (χ0v) is 14.7. The van der Waals surface area contributed by atoms with Gasteiger partial charge in [0.1, 0.15) is 11.8 Å². The van der Waals surface area contributed by atoms with E-state index in [1.165, 1.54) is 6.33 Å². The fraction of sp³-hybridized carbons (Fsp3) is 0.294. The number of carbonyl (C=O) groups excluding carboxylic acids is 1. The molecule has 0 unspecified atom stereocenters. The predicted molar refractivity (Wildman–Crippen MR) is 99.6 cm³/mol. The lowest BCUT2D eigenvalue weighted by atomic mass is 10.2. The van der Waals surface area contributed by atoms with E-state index in [4.69, 9.17) is 4.98 Å². The number of rotatable bonds is 3. The van der Waals surface area contributed by atoms with Crippen LogP contribution < -0.4 is 10.2 Å². The quantitative estimate of drug-likeness (QED) is 0.772. The molecule has 1 saturated heterocycles. The highest BCUT2D eigenvalue weighted by atomic mass is 32.2. The molecule has 0 atom stereocenters. The third-order valence-electron chi connectivity index (χ3n) is 4.21. The summed E-state index contributed by atoms with van der Waals surface area (Å²) in [5, 5.41) is 2.64. The molecule has 0 radical (unpaired) electrons. The Morgan fingerprint density at radius 3 is 2.68 bits per heavy atom. The number of hydrogen-bond donors (Lipinski definition) is 1. The number of aromatic nitrogens is 4. The fourth-order valence-corrected chi connectivity index (χ4v) is 3.84. The van der Waals surface area contributed by atoms with Gasteiger partial charge >= 0.3 is 0 Å². The molecule has 0 aliphatic carbocycles. The predicted octanol–water partition coefficient (Wildman–Crippen LogP) is 1.73. The van der Waals surface area contributed by atoms with Gasteiger partial charge in [-0.3, -0.25) is 9.36 Å². The SMILES string of the molecule is CNC(=O)c1ccc(-n2c(N3CCSCC3)nc3cncnc32)cc1. The van der Waals surface area contributed by atoms with E-state index in [1.54, 1.807) is 13.2 Å². The van der Waals surface area contributed by atoms with Crippen LogP contribution in [0.25, 0.3) is 16.9 Å². The normalized spacial score (nSPS) is 14.7. The van der Waals surface area contributed by atoms with Crippen LogP contribution in [0.4, 0.5) is 5.95 Å². The monoisotopic (exact) mass is 354 g/mol. The smallest absolute Gasteiger partial charge is 0.251 e.